The fraction of sp³-hybridized carbons (Fsp3) is 0.125. The lowest BCUT2D eigenvalue weighted by Gasteiger charge is -2.13. The molecule has 10 heteroatoms. The first-order valence-electron chi connectivity index (χ1n) is 7.29. The van der Waals surface area contributed by atoms with Gasteiger partial charge < -0.3 is 5.32 Å². The average molecular weight is 380 g/mol. The lowest BCUT2D eigenvalue weighted by atomic mass is 10.1. The fourth-order valence-electron chi connectivity index (χ4n) is 2.17. The number of aromatic nitrogens is 3. The summed E-state index contributed by atoms with van der Waals surface area (Å²) in [4.78, 5) is 31.7. The SMILES string of the molecule is O=C(CSc1nc(=O)n2ccccc2n1)Nc1ccccc1C(F)(F)F. The Morgan fingerprint density at radius 1 is 1.12 bits per heavy atom. The lowest BCUT2D eigenvalue weighted by Crippen LogP contribution is -2.20. The van der Waals surface area contributed by atoms with Gasteiger partial charge in [0, 0.05) is 6.20 Å². The number of pyridine rings is 1. The van der Waals surface area contributed by atoms with Crippen molar-refractivity contribution >= 4 is 29.0 Å². The monoisotopic (exact) mass is 380 g/mol. The van der Waals surface area contributed by atoms with Crippen LogP contribution in [0.4, 0.5) is 18.9 Å². The van der Waals surface area contributed by atoms with Gasteiger partial charge in [-0.1, -0.05) is 30.0 Å². The number of nitrogens with zero attached hydrogens (tertiary/aromatic N) is 3. The van der Waals surface area contributed by atoms with E-state index in [4.69, 9.17) is 0 Å². The molecule has 3 aromatic rings. The number of anilines is 1. The van der Waals surface area contributed by atoms with Gasteiger partial charge in [0.1, 0.15) is 5.65 Å². The number of hydrogen-bond acceptors (Lipinski definition) is 5. The molecule has 2 heterocycles. The van der Waals surface area contributed by atoms with Gasteiger partial charge >= 0.3 is 11.9 Å². The van der Waals surface area contributed by atoms with Crippen molar-refractivity contribution in [2.24, 2.45) is 0 Å². The smallest absolute Gasteiger partial charge is 0.325 e. The number of halogens is 3. The van der Waals surface area contributed by atoms with Gasteiger partial charge in [0.15, 0.2) is 5.16 Å². The van der Waals surface area contributed by atoms with E-state index in [1.807, 2.05) is 0 Å². The zero-order valence-electron chi connectivity index (χ0n) is 13.0. The van der Waals surface area contributed by atoms with E-state index >= 15 is 0 Å². The van der Waals surface area contributed by atoms with Gasteiger partial charge in [0.25, 0.3) is 0 Å². The average Bonchev–Trinajstić information content (AvgIpc) is 2.60. The Morgan fingerprint density at radius 3 is 2.62 bits per heavy atom. The van der Waals surface area contributed by atoms with Crippen molar-refractivity contribution in [1.29, 1.82) is 0 Å². The van der Waals surface area contributed by atoms with Crippen molar-refractivity contribution in [1.82, 2.24) is 14.4 Å². The Morgan fingerprint density at radius 2 is 1.85 bits per heavy atom. The predicted octanol–water partition coefficient (Wildman–Crippen LogP) is 2.84. The normalized spacial score (nSPS) is 11.5. The van der Waals surface area contributed by atoms with E-state index in [9.17, 15) is 22.8 Å². The van der Waals surface area contributed by atoms with Crippen LogP contribution in [0.15, 0.2) is 58.6 Å². The molecule has 0 bridgehead atoms. The second kappa shape index (κ2) is 7.16. The summed E-state index contributed by atoms with van der Waals surface area (Å²) >= 11 is 0.861. The number of amides is 1. The fourth-order valence-corrected chi connectivity index (χ4v) is 2.80. The number of carbonyl (C=O) groups is 1. The van der Waals surface area contributed by atoms with E-state index in [2.05, 4.69) is 15.3 Å². The maximum atomic E-state index is 12.9. The summed E-state index contributed by atoms with van der Waals surface area (Å²) in [6.45, 7) is 0. The highest BCUT2D eigenvalue weighted by atomic mass is 32.2. The number of hydrogen-bond donors (Lipinski definition) is 1. The van der Waals surface area contributed by atoms with Crippen molar-refractivity contribution in [3.63, 3.8) is 0 Å². The molecule has 0 spiro atoms. The maximum Gasteiger partial charge on any atom is 0.418 e. The van der Waals surface area contributed by atoms with Gasteiger partial charge in [-0.3, -0.25) is 9.20 Å². The van der Waals surface area contributed by atoms with Crippen LogP contribution in [-0.4, -0.2) is 26.0 Å². The molecule has 1 N–H and O–H groups in total. The van der Waals surface area contributed by atoms with Crippen molar-refractivity contribution in [3.8, 4) is 0 Å². The highest BCUT2D eigenvalue weighted by Gasteiger charge is 2.33. The van der Waals surface area contributed by atoms with Crippen molar-refractivity contribution in [3.05, 3.63) is 64.7 Å². The van der Waals surface area contributed by atoms with Crippen LogP contribution in [0.2, 0.25) is 0 Å². The van der Waals surface area contributed by atoms with Crippen LogP contribution in [0.3, 0.4) is 0 Å². The Hall–Kier alpha value is -2.88. The first-order valence-corrected chi connectivity index (χ1v) is 8.27. The minimum Gasteiger partial charge on any atom is -0.325 e. The standard InChI is InChI=1S/C16H11F3N4O2S/c17-16(18,19)10-5-1-2-6-11(10)20-13(24)9-26-14-21-12-7-3-4-8-23(12)15(25)22-14/h1-8H,9H2,(H,20,24). The molecule has 2 aromatic heterocycles. The van der Waals surface area contributed by atoms with Crippen LogP contribution in [0.1, 0.15) is 5.56 Å². The largest absolute Gasteiger partial charge is 0.418 e. The summed E-state index contributed by atoms with van der Waals surface area (Å²) in [6, 6.07) is 9.63. The Bertz CT molecular complexity index is 1020. The van der Waals surface area contributed by atoms with Gasteiger partial charge in [-0.15, -0.1) is 0 Å². The van der Waals surface area contributed by atoms with E-state index in [1.54, 1.807) is 18.2 Å². The number of benzene rings is 1. The Balaban J connectivity index is 1.72. The minimum atomic E-state index is -4.58. The number of thioether (sulfide) groups is 1. The Labute approximate surface area is 149 Å². The number of carbonyl (C=O) groups excluding carboxylic acids is 1. The number of para-hydroxylation sites is 1. The Kier molecular flexibility index (Phi) is 4.94. The summed E-state index contributed by atoms with van der Waals surface area (Å²) in [6.07, 6.45) is -3.07. The van der Waals surface area contributed by atoms with Crippen LogP contribution in [0, 0.1) is 0 Å². The molecule has 0 aliphatic rings. The van der Waals surface area contributed by atoms with Crippen molar-refractivity contribution in [2.75, 3.05) is 11.1 Å². The molecule has 26 heavy (non-hydrogen) atoms. The summed E-state index contributed by atoms with van der Waals surface area (Å²) in [7, 11) is 0. The third kappa shape index (κ3) is 4.02. The highest BCUT2D eigenvalue weighted by Crippen LogP contribution is 2.34. The van der Waals surface area contributed by atoms with E-state index in [-0.39, 0.29) is 16.6 Å². The molecule has 0 fully saturated rings. The van der Waals surface area contributed by atoms with E-state index < -0.39 is 23.3 Å². The molecule has 0 aliphatic carbocycles. The summed E-state index contributed by atoms with van der Waals surface area (Å²) in [5.74, 6) is -0.905. The molecular formula is C16H11F3N4O2S. The number of rotatable bonds is 4. The molecule has 1 amide bonds. The third-order valence-electron chi connectivity index (χ3n) is 3.28. The zero-order chi connectivity index (χ0) is 18.7. The second-order valence-electron chi connectivity index (χ2n) is 5.10. The maximum absolute atomic E-state index is 12.9. The van der Waals surface area contributed by atoms with E-state index in [0.717, 1.165) is 17.8 Å². The molecule has 134 valence electrons. The highest BCUT2D eigenvalue weighted by molar-refractivity contribution is 7.99. The molecule has 0 saturated carbocycles. The quantitative estimate of drug-likeness (QED) is 0.705. The summed E-state index contributed by atoms with van der Waals surface area (Å²) in [5, 5.41) is 2.29. The molecule has 6 nitrogen and oxygen atoms in total. The van der Waals surface area contributed by atoms with Crippen LogP contribution >= 0.6 is 11.8 Å². The van der Waals surface area contributed by atoms with Crippen molar-refractivity contribution in [2.45, 2.75) is 11.3 Å². The lowest BCUT2D eigenvalue weighted by molar-refractivity contribution is -0.137. The van der Waals surface area contributed by atoms with Crippen molar-refractivity contribution < 1.29 is 18.0 Å². The number of nitrogens with one attached hydrogen (secondary N) is 1. The molecule has 3 rings (SSSR count). The van der Waals surface area contributed by atoms with Gasteiger partial charge in [-0.2, -0.15) is 18.2 Å². The van der Waals surface area contributed by atoms with E-state index in [1.165, 1.54) is 28.8 Å². The molecule has 0 atom stereocenters. The van der Waals surface area contributed by atoms with Crippen LogP contribution in [0.25, 0.3) is 5.65 Å². The topological polar surface area (TPSA) is 76.4 Å². The van der Waals surface area contributed by atoms with Crippen LogP contribution < -0.4 is 11.0 Å². The van der Waals surface area contributed by atoms with E-state index in [0.29, 0.717) is 5.65 Å². The van der Waals surface area contributed by atoms with Gasteiger partial charge in [-0.25, -0.2) is 9.78 Å². The second-order valence-corrected chi connectivity index (χ2v) is 6.04. The van der Waals surface area contributed by atoms with Gasteiger partial charge in [0.2, 0.25) is 5.91 Å². The third-order valence-corrected chi connectivity index (χ3v) is 4.13. The summed E-state index contributed by atoms with van der Waals surface area (Å²) in [5.41, 5.74) is -1.46. The molecule has 0 radical (unpaired) electrons. The summed E-state index contributed by atoms with van der Waals surface area (Å²) < 4.78 is 40.0. The predicted molar refractivity (Wildman–Crippen MR) is 90.1 cm³/mol. The van der Waals surface area contributed by atoms with Crippen LogP contribution in [0.5, 0.6) is 0 Å². The molecule has 0 aliphatic heterocycles. The zero-order valence-corrected chi connectivity index (χ0v) is 13.8. The molecule has 0 saturated heterocycles. The number of fused-ring (bicyclic) bond motifs is 1. The molecule has 1 aromatic carbocycles. The first kappa shape index (κ1) is 17.9. The van der Waals surface area contributed by atoms with Gasteiger partial charge in [0.05, 0.1) is 17.0 Å². The molecule has 0 unspecified atom stereocenters. The first-order chi connectivity index (χ1) is 12.3. The van der Waals surface area contributed by atoms with Gasteiger partial charge in [-0.05, 0) is 24.3 Å². The number of alkyl halides is 3. The van der Waals surface area contributed by atoms with Crippen LogP contribution in [-0.2, 0) is 11.0 Å². The molecular weight excluding hydrogens is 369 g/mol. The minimum absolute atomic E-state index is 0.0699.